The van der Waals surface area contributed by atoms with Gasteiger partial charge in [0.1, 0.15) is 0 Å². The summed E-state index contributed by atoms with van der Waals surface area (Å²) < 4.78 is 5.36. The molecule has 0 radical (unpaired) electrons. The first-order chi connectivity index (χ1) is 8.70. The molecule has 2 nitrogen and oxygen atoms in total. The van der Waals surface area contributed by atoms with E-state index in [0.717, 1.165) is 19.3 Å². The Kier molecular flexibility index (Phi) is 18.2. The molecular weight excluding hydrogens is 290 g/mol. The Hall–Kier alpha value is 0.0934. The van der Waals surface area contributed by atoms with Crippen LogP contribution in [0.2, 0.25) is 0 Å². The summed E-state index contributed by atoms with van der Waals surface area (Å²) in [6.07, 6.45) is 12.7. The standard InChI is InChI=1S/C16H32O2.Zn/c1-4-6-8-9-10-11-12-14-16(17)18-15(3)13-7-5-2;/h15H,4-14H2,1-3H3;. The van der Waals surface area contributed by atoms with E-state index >= 15 is 0 Å². The molecular formula is C16H32O2Zn. The molecule has 3 heteroatoms. The van der Waals surface area contributed by atoms with Crippen LogP contribution in [0.5, 0.6) is 0 Å². The second kappa shape index (κ2) is 16.1. The number of rotatable bonds is 12. The fourth-order valence-corrected chi connectivity index (χ4v) is 2.06. The van der Waals surface area contributed by atoms with Crippen molar-refractivity contribution >= 4 is 5.97 Å². The van der Waals surface area contributed by atoms with Crippen molar-refractivity contribution in [3.8, 4) is 0 Å². The zero-order valence-electron chi connectivity index (χ0n) is 13.4. The number of hydrogen-bond donors (Lipinski definition) is 0. The van der Waals surface area contributed by atoms with Crippen molar-refractivity contribution in [3.05, 3.63) is 0 Å². The zero-order chi connectivity index (χ0) is 13.6. The van der Waals surface area contributed by atoms with Gasteiger partial charge in [-0.25, -0.2) is 0 Å². The summed E-state index contributed by atoms with van der Waals surface area (Å²) in [6, 6.07) is 0. The molecule has 0 aliphatic carbocycles. The molecule has 0 aromatic rings. The van der Waals surface area contributed by atoms with E-state index in [2.05, 4.69) is 13.8 Å². The number of carbonyl (C=O) groups excluding carboxylic acids is 1. The van der Waals surface area contributed by atoms with Gasteiger partial charge < -0.3 is 4.74 Å². The third-order valence-corrected chi connectivity index (χ3v) is 3.28. The van der Waals surface area contributed by atoms with Crippen molar-refractivity contribution < 1.29 is 29.0 Å². The third kappa shape index (κ3) is 16.0. The van der Waals surface area contributed by atoms with E-state index in [4.69, 9.17) is 4.74 Å². The van der Waals surface area contributed by atoms with Crippen LogP contribution in [0.15, 0.2) is 0 Å². The van der Waals surface area contributed by atoms with Crippen LogP contribution in [0.3, 0.4) is 0 Å². The van der Waals surface area contributed by atoms with Crippen LogP contribution in [-0.2, 0) is 29.0 Å². The zero-order valence-corrected chi connectivity index (χ0v) is 16.3. The normalized spacial score (nSPS) is 11.7. The molecule has 0 aliphatic heterocycles. The van der Waals surface area contributed by atoms with Crippen molar-refractivity contribution in [2.45, 2.75) is 97.5 Å². The molecule has 0 rings (SSSR count). The molecule has 0 aromatic heterocycles. The molecule has 0 aliphatic rings. The van der Waals surface area contributed by atoms with Gasteiger partial charge in [-0.15, -0.1) is 0 Å². The fourth-order valence-electron chi connectivity index (χ4n) is 2.06. The van der Waals surface area contributed by atoms with Crippen molar-refractivity contribution in [3.63, 3.8) is 0 Å². The summed E-state index contributed by atoms with van der Waals surface area (Å²) >= 11 is 0. The minimum absolute atomic E-state index is 0. The largest absolute Gasteiger partial charge is 0.463 e. The Morgan fingerprint density at radius 2 is 1.42 bits per heavy atom. The molecule has 0 saturated carbocycles. The Balaban J connectivity index is 0. The van der Waals surface area contributed by atoms with Crippen LogP contribution in [-0.4, -0.2) is 12.1 Å². The molecule has 1 unspecified atom stereocenters. The molecule has 0 fully saturated rings. The van der Waals surface area contributed by atoms with E-state index in [1.54, 1.807) is 0 Å². The molecule has 0 amide bonds. The SMILES string of the molecule is CCCCCCCCCC(=O)OC(C)CCCC.[Zn]. The second-order valence-corrected chi connectivity index (χ2v) is 5.31. The van der Waals surface area contributed by atoms with Gasteiger partial charge in [0.2, 0.25) is 0 Å². The van der Waals surface area contributed by atoms with E-state index in [-0.39, 0.29) is 31.6 Å². The predicted molar refractivity (Wildman–Crippen MR) is 77.7 cm³/mol. The first kappa shape index (κ1) is 21.4. The summed E-state index contributed by atoms with van der Waals surface area (Å²) in [5.74, 6) is -0.00726. The molecule has 0 bridgehead atoms. The van der Waals surface area contributed by atoms with Gasteiger partial charge in [-0.2, -0.15) is 0 Å². The Morgan fingerprint density at radius 3 is 2.00 bits per heavy atom. The van der Waals surface area contributed by atoms with Crippen LogP contribution < -0.4 is 0 Å². The Morgan fingerprint density at radius 1 is 0.895 bits per heavy atom. The Bertz CT molecular complexity index is 195. The van der Waals surface area contributed by atoms with Crippen molar-refractivity contribution in [2.75, 3.05) is 0 Å². The van der Waals surface area contributed by atoms with Gasteiger partial charge >= 0.3 is 5.97 Å². The van der Waals surface area contributed by atoms with Crippen LogP contribution in [0.1, 0.15) is 91.4 Å². The van der Waals surface area contributed by atoms with Gasteiger partial charge in [0.15, 0.2) is 0 Å². The van der Waals surface area contributed by atoms with Gasteiger partial charge in [0.25, 0.3) is 0 Å². The van der Waals surface area contributed by atoms with Gasteiger partial charge in [-0.3, -0.25) is 4.79 Å². The molecule has 19 heavy (non-hydrogen) atoms. The monoisotopic (exact) mass is 320 g/mol. The number of carbonyl (C=O) groups is 1. The molecule has 0 N–H and O–H groups in total. The summed E-state index contributed by atoms with van der Waals surface area (Å²) in [5, 5.41) is 0. The van der Waals surface area contributed by atoms with Crippen LogP contribution >= 0.6 is 0 Å². The number of esters is 1. The summed E-state index contributed by atoms with van der Waals surface area (Å²) in [5.41, 5.74) is 0. The van der Waals surface area contributed by atoms with Gasteiger partial charge in [0, 0.05) is 25.9 Å². The molecule has 0 aromatic carbocycles. The fraction of sp³-hybridized carbons (Fsp3) is 0.938. The summed E-state index contributed by atoms with van der Waals surface area (Å²) in [6.45, 7) is 6.39. The smallest absolute Gasteiger partial charge is 0.306 e. The number of unbranched alkanes of at least 4 members (excludes halogenated alkanes) is 7. The van der Waals surface area contributed by atoms with Crippen molar-refractivity contribution in [1.29, 1.82) is 0 Å². The first-order valence-corrected chi connectivity index (χ1v) is 7.90. The van der Waals surface area contributed by atoms with Crippen molar-refractivity contribution in [2.24, 2.45) is 0 Å². The molecule has 1 atom stereocenters. The van der Waals surface area contributed by atoms with E-state index in [0.29, 0.717) is 6.42 Å². The van der Waals surface area contributed by atoms with Gasteiger partial charge in [-0.05, 0) is 19.8 Å². The van der Waals surface area contributed by atoms with Gasteiger partial charge in [0.05, 0.1) is 6.10 Å². The first-order valence-electron chi connectivity index (χ1n) is 7.90. The minimum atomic E-state index is -0.00726. The molecule has 110 valence electrons. The maximum absolute atomic E-state index is 11.5. The predicted octanol–water partition coefficient (Wildman–Crippen LogP) is 5.25. The minimum Gasteiger partial charge on any atom is -0.463 e. The van der Waals surface area contributed by atoms with Crippen LogP contribution in [0.4, 0.5) is 0 Å². The van der Waals surface area contributed by atoms with E-state index < -0.39 is 0 Å². The maximum Gasteiger partial charge on any atom is 0.306 e. The van der Waals surface area contributed by atoms with Crippen LogP contribution in [0, 0.1) is 0 Å². The summed E-state index contributed by atoms with van der Waals surface area (Å²) in [4.78, 5) is 11.5. The van der Waals surface area contributed by atoms with Gasteiger partial charge in [-0.1, -0.05) is 65.2 Å². The third-order valence-electron chi connectivity index (χ3n) is 3.28. The van der Waals surface area contributed by atoms with Crippen LogP contribution in [0.25, 0.3) is 0 Å². The van der Waals surface area contributed by atoms with E-state index in [1.807, 2.05) is 6.92 Å². The number of ether oxygens (including phenoxy) is 1. The molecule has 0 heterocycles. The topological polar surface area (TPSA) is 26.3 Å². The number of hydrogen-bond acceptors (Lipinski definition) is 2. The summed E-state index contributed by atoms with van der Waals surface area (Å²) in [7, 11) is 0. The van der Waals surface area contributed by atoms with Crippen molar-refractivity contribution in [1.82, 2.24) is 0 Å². The molecule has 0 saturated heterocycles. The average molecular weight is 322 g/mol. The van der Waals surface area contributed by atoms with E-state index in [9.17, 15) is 4.79 Å². The second-order valence-electron chi connectivity index (χ2n) is 5.31. The molecule has 0 spiro atoms. The van der Waals surface area contributed by atoms with E-state index in [1.165, 1.54) is 44.9 Å². The average Bonchev–Trinajstić information content (AvgIpc) is 2.35. The Labute approximate surface area is 132 Å². The maximum atomic E-state index is 11.5. The quantitative estimate of drug-likeness (QED) is 0.279.